The van der Waals surface area contributed by atoms with Crippen LogP contribution in [-0.4, -0.2) is 31.1 Å². The molecule has 1 heterocycles. The third kappa shape index (κ3) is 2.75. The minimum Gasteiger partial charge on any atom is -0.486 e. The molecular weight excluding hydrogens is 314 g/mol. The second-order valence-corrected chi connectivity index (χ2v) is 7.55. The Balaban J connectivity index is 1.80. The highest BCUT2D eigenvalue weighted by molar-refractivity contribution is 9.10. The number of rotatable bonds is 3. The van der Waals surface area contributed by atoms with Crippen LogP contribution >= 0.6 is 15.9 Å². The molecule has 0 radical (unpaired) electrons. The molecule has 1 fully saturated rings. The molecular formula is C17H24BrNO. The SMILES string of the molecule is CN(C)CC[C@H]1CCCC[C@]12Cc1cc(Br)ccc1O2. The van der Waals surface area contributed by atoms with Crippen LogP contribution in [0.1, 0.15) is 37.7 Å². The van der Waals surface area contributed by atoms with Crippen LogP contribution in [0.4, 0.5) is 0 Å². The van der Waals surface area contributed by atoms with E-state index >= 15 is 0 Å². The Morgan fingerprint density at radius 1 is 1.35 bits per heavy atom. The van der Waals surface area contributed by atoms with Gasteiger partial charge in [-0.05, 0) is 70.1 Å². The van der Waals surface area contributed by atoms with E-state index in [4.69, 9.17) is 4.74 Å². The van der Waals surface area contributed by atoms with Crippen LogP contribution in [0.2, 0.25) is 0 Å². The molecule has 2 atom stereocenters. The van der Waals surface area contributed by atoms with Crippen molar-refractivity contribution >= 4 is 15.9 Å². The summed E-state index contributed by atoms with van der Waals surface area (Å²) in [5, 5.41) is 0. The highest BCUT2D eigenvalue weighted by Gasteiger charge is 2.46. The third-order valence-corrected chi connectivity index (χ3v) is 5.39. The van der Waals surface area contributed by atoms with E-state index in [9.17, 15) is 0 Å². The molecule has 110 valence electrons. The predicted molar refractivity (Wildman–Crippen MR) is 86.3 cm³/mol. The first-order valence-electron chi connectivity index (χ1n) is 7.71. The first kappa shape index (κ1) is 14.4. The minimum atomic E-state index is 0.0807. The Hall–Kier alpha value is -0.540. The molecule has 1 spiro atoms. The van der Waals surface area contributed by atoms with Crippen LogP contribution in [0, 0.1) is 5.92 Å². The van der Waals surface area contributed by atoms with E-state index in [1.807, 2.05) is 0 Å². The largest absolute Gasteiger partial charge is 0.486 e. The summed E-state index contributed by atoms with van der Waals surface area (Å²) in [4.78, 5) is 2.29. The van der Waals surface area contributed by atoms with Crippen LogP contribution in [0.25, 0.3) is 0 Å². The fourth-order valence-corrected chi connectivity index (χ4v) is 4.24. The predicted octanol–water partition coefficient (Wildman–Crippen LogP) is 4.26. The van der Waals surface area contributed by atoms with Crippen LogP contribution in [-0.2, 0) is 6.42 Å². The summed E-state index contributed by atoms with van der Waals surface area (Å²) in [7, 11) is 4.33. The second-order valence-electron chi connectivity index (χ2n) is 6.63. The van der Waals surface area contributed by atoms with Gasteiger partial charge in [-0.15, -0.1) is 0 Å². The average Bonchev–Trinajstić information content (AvgIpc) is 2.75. The first-order chi connectivity index (χ1) is 9.59. The maximum Gasteiger partial charge on any atom is 0.123 e. The molecule has 1 aliphatic heterocycles. The van der Waals surface area contributed by atoms with Gasteiger partial charge in [0.15, 0.2) is 0 Å². The summed E-state index contributed by atoms with van der Waals surface area (Å²) in [6, 6.07) is 6.46. The van der Waals surface area contributed by atoms with Gasteiger partial charge >= 0.3 is 0 Å². The minimum absolute atomic E-state index is 0.0807. The van der Waals surface area contributed by atoms with Gasteiger partial charge in [-0.3, -0.25) is 0 Å². The van der Waals surface area contributed by atoms with Crippen molar-refractivity contribution in [1.29, 1.82) is 0 Å². The van der Waals surface area contributed by atoms with Gasteiger partial charge in [0.2, 0.25) is 0 Å². The van der Waals surface area contributed by atoms with Crippen molar-refractivity contribution in [1.82, 2.24) is 4.90 Å². The smallest absolute Gasteiger partial charge is 0.123 e. The van der Waals surface area contributed by atoms with Crippen molar-refractivity contribution in [2.24, 2.45) is 5.92 Å². The quantitative estimate of drug-likeness (QED) is 0.816. The molecule has 0 aromatic heterocycles. The van der Waals surface area contributed by atoms with E-state index in [0.717, 1.165) is 23.2 Å². The maximum atomic E-state index is 6.50. The summed E-state index contributed by atoms with van der Waals surface area (Å²) < 4.78 is 7.66. The molecule has 0 saturated heterocycles. The van der Waals surface area contributed by atoms with Gasteiger partial charge in [-0.2, -0.15) is 0 Å². The lowest BCUT2D eigenvalue weighted by Gasteiger charge is -2.41. The van der Waals surface area contributed by atoms with E-state index in [1.165, 1.54) is 37.7 Å². The molecule has 2 nitrogen and oxygen atoms in total. The van der Waals surface area contributed by atoms with Crippen LogP contribution in [0.5, 0.6) is 5.75 Å². The fraction of sp³-hybridized carbons (Fsp3) is 0.647. The molecule has 20 heavy (non-hydrogen) atoms. The number of benzene rings is 1. The van der Waals surface area contributed by atoms with Gasteiger partial charge in [0.25, 0.3) is 0 Å². The Labute approximate surface area is 130 Å². The lowest BCUT2D eigenvalue weighted by Crippen LogP contribution is -2.46. The maximum absolute atomic E-state index is 6.50. The molecule has 1 saturated carbocycles. The Kier molecular flexibility index (Phi) is 4.09. The van der Waals surface area contributed by atoms with Crippen LogP contribution < -0.4 is 4.74 Å². The number of hydrogen-bond donors (Lipinski definition) is 0. The van der Waals surface area contributed by atoms with E-state index in [0.29, 0.717) is 5.92 Å². The summed E-state index contributed by atoms with van der Waals surface area (Å²) in [5.74, 6) is 1.81. The zero-order chi connectivity index (χ0) is 14.2. The molecule has 1 aromatic carbocycles. The van der Waals surface area contributed by atoms with Gasteiger partial charge in [-0.1, -0.05) is 22.4 Å². The van der Waals surface area contributed by atoms with Crippen LogP contribution in [0.3, 0.4) is 0 Å². The molecule has 3 rings (SSSR count). The van der Waals surface area contributed by atoms with Gasteiger partial charge in [0.1, 0.15) is 11.4 Å². The molecule has 0 unspecified atom stereocenters. The van der Waals surface area contributed by atoms with Crippen molar-refractivity contribution in [3.8, 4) is 5.75 Å². The number of nitrogens with zero attached hydrogens (tertiary/aromatic N) is 1. The van der Waals surface area contributed by atoms with Gasteiger partial charge in [0, 0.05) is 16.8 Å². The van der Waals surface area contributed by atoms with Gasteiger partial charge < -0.3 is 9.64 Å². The van der Waals surface area contributed by atoms with Crippen molar-refractivity contribution in [2.45, 2.75) is 44.1 Å². The van der Waals surface area contributed by atoms with Gasteiger partial charge in [-0.25, -0.2) is 0 Å². The van der Waals surface area contributed by atoms with Crippen molar-refractivity contribution in [3.63, 3.8) is 0 Å². The molecule has 1 aromatic rings. The number of fused-ring (bicyclic) bond motifs is 1. The lowest BCUT2D eigenvalue weighted by molar-refractivity contribution is -0.0111. The monoisotopic (exact) mass is 337 g/mol. The molecule has 2 aliphatic rings. The average molecular weight is 338 g/mol. The first-order valence-corrected chi connectivity index (χ1v) is 8.50. The zero-order valence-corrected chi connectivity index (χ0v) is 14.1. The Morgan fingerprint density at radius 3 is 3.00 bits per heavy atom. The molecule has 0 N–H and O–H groups in total. The highest BCUT2D eigenvalue weighted by Crippen LogP contribution is 2.48. The Bertz CT molecular complexity index is 488. The third-order valence-electron chi connectivity index (χ3n) is 4.90. The molecule has 0 amide bonds. The number of ether oxygens (including phenoxy) is 1. The standard InChI is InChI=1S/C17H24BrNO/c1-19(2)10-8-14-5-3-4-9-17(14)12-13-11-15(18)6-7-16(13)20-17/h6-7,11,14H,3-5,8-10,12H2,1-2H3/t14-,17+/m1/s1. The van der Waals surface area contributed by atoms with Crippen molar-refractivity contribution < 1.29 is 4.74 Å². The Morgan fingerprint density at radius 2 is 2.20 bits per heavy atom. The summed E-state index contributed by atoms with van der Waals surface area (Å²) in [6.07, 6.45) is 7.57. The van der Waals surface area contributed by atoms with E-state index < -0.39 is 0 Å². The van der Waals surface area contributed by atoms with Gasteiger partial charge in [0.05, 0.1) is 0 Å². The zero-order valence-electron chi connectivity index (χ0n) is 12.5. The molecule has 3 heteroatoms. The summed E-state index contributed by atoms with van der Waals surface area (Å²) >= 11 is 3.58. The van der Waals surface area contributed by atoms with Crippen molar-refractivity contribution in [3.05, 3.63) is 28.2 Å². The van der Waals surface area contributed by atoms with E-state index in [-0.39, 0.29) is 5.60 Å². The summed E-state index contributed by atoms with van der Waals surface area (Å²) in [6.45, 7) is 1.16. The molecule has 1 aliphatic carbocycles. The second kappa shape index (κ2) is 5.69. The topological polar surface area (TPSA) is 12.5 Å². The fourth-order valence-electron chi connectivity index (χ4n) is 3.83. The highest BCUT2D eigenvalue weighted by atomic mass is 79.9. The number of hydrogen-bond acceptors (Lipinski definition) is 2. The van der Waals surface area contributed by atoms with Crippen molar-refractivity contribution in [2.75, 3.05) is 20.6 Å². The van der Waals surface area contributed by atoms with Crippen LogP contribution in [0.15, 0.2) is 22.7 Å². The number of halogens is 1. The lowest BCUT2D eigenvalue weighted by atomic mass is 9.71. The normalized spacial score (nSPS) is 28.7. The van der Waals surface area contributed by atoms with E-state index in [1.54, 1.807) is 0 Å². The van der Waals surface area contributed by atoms with E-state index in [2.05, 4.69) is 53.1 Å². The molecule has 0 bridgehead atoms. The summed E-state index contributed by atoms with van der Waals surface area (Å²) in [5.41, 5.74) is 1.47.